The summed E-state index contributed by atoms with van der Waals surface area (Å²) in [5.74, 6) is -0.860. The van der Waals surface area contributed by atoms with E-state index in [-0.39, 0.29) is 36.4 Å². The number of cyclic esters (lactones) is 1. The fraction of sp³-hybridized carbons (Fsp3) is 0.625. The molecule has 1 spiro atoms. The molecule has 0 saturated carbocycles. The van der Waals surface area contributed by atoms with E-state index in [0.29, 0.717) is 36.6 Å². The van der Waals surface area contributed by atoms with E-state index in [9.17, 15) is 24.3 Å². The molecule has 11 heteroatoms. The number of aliphatic hydroxyl groups excluding tert-OH is 1. The Labute approximate surface area is 205 Å². The molecule has 5 atom stereocenters. The van der Waals surface area contributed by atoms with Gasteiger partial charge >= 0.3 is 6.09 Å². The predicted octanol–water partition coefficient (Wildman–Crippen LogP) is 1.77. The first-order valence-electron chi connectivity index (χ1n) is 12.3. The lowest BCUT2D eigenvalue weighted by Crippen LogP contribution is -2.44. The molecule has 4 aliphatic rings. The maximum Gasteiger partial charge on any atom is 0.414 e. The summed E-state index contributed by atoms with van der Waals surface area (Å²) in [6, 6.07) is 5.10. The van der Waals surface area contributed by atoms with Crippen LogP contribution >= 0.6 is 0 Å². The number of likely N-dealkylation sites (tertiary alicyclic amines) is 1. The molecule has 3 amide bonds. The highest BCUT2D eigenvalue weighted by atomic mass is 28.4. The summed E-state index contributed by atoms with van der Waals surface area (Å²) in [6.07, 6.45) is 0.539. The number of aliphatic hydroxyl groups is 1. The van der Waals surface area contributed by atoms with E-state index >= 15 is 0 Å². The Morgan fingerprint density at radius 1 is 1.29 bits per heavy atom. The van der Waals surface area contributed by atoms with Crippen LogP contribution in [0.15, 0.2) is 18.2 Å². The van der Waals surface area contributed by atoms with Crippen molar-refractivity contribution in [3.8, 4) is 0 Å². The third-order valence-corrected chi connectivity index (χ3v) is 10.6. The molecule has 3 saturated heterocycles. The fourth-order valence-electron chi connectivity index (χ4n) is 6.52. The molecule has 1 aromatic carbocycles. The number of nitrogens with one attached hydrogen (secondary N) is 1. The van der Waals surface area contributed by atoms with Gasteiger partial charge in [-0.05, 0) is 44.1 Å². The topological polar surface area (TPSA) is 129 Å². The Balaban J connectivity index is 1.51. The highest BCUT2D eigenvalue weighted by molar-refractivity contribution is 6.71. The Hall–Kier alpha value is -2.47. The number of carbonyl (C=O) groups excluding carboxylic acids is 3. The van der Waals surface area contributed by atoms with Crippen LogP contribution in [-0.2, 0) is 24.7 Å². The van der Waals surface area contributed by atoms with E-state index in [1.807, 2.05) is 20.0 Å². The summed E-state index contributed by atoms with van der Waals surface area (Å²) in [5.41, 5.74) is 0.0657. The molecular weight excluding hydrogens is 470 g/mol. The van der Waals surface area contributed by atoms with E-state index < -0.39 is 32.0 Å². The molecule has 0 radical (unpaired) electrons. The molecule has 0 aromatic heterocycles. The number of nitrogens with zero attached hydrogens (tertiary/aromatic N) is 2. The largest absolute Gasteiger partial charge is 0.447 e. The Morgan fingerprint density at radius 3 is 2.71 bits per heavy atom. The van der Waals surface area contributed by atoms with Crippen LogP contribution < -0.4 is 10.2 Å². The van der Waals surface area contributed by atoms with Crippen molar-refractivity contribution in [1.82, 2.24) is 4.90 Å². The average Bonchev–Trinajstić information content (AvgIpc) is 3.55. The number of fused-ring (bicyclic) bond motifs is 2. The second kappa shape index (κ2) is 8.58. The van der Waals surface area contributed by atoms with Gasteiger partial charge in [-0.2, -0.15) is 0 Å². The molecule has 3 fully saturated rings. The summed E-state index contributed by atoms with van der Waals surface area (Å²) < 4.78 is 11.6. The highest BCUT2D eigenvalue weighted by Crippen LogP contribution is 2.58. The Morgan fingerprint density at radius 2 is 2.06 bits per heavy atom. The number of ether oxygens (including phenoxy) is 2. The van der Waals surface area contributed by atoms with Gasteiger partial charge in [0.25, 0.3) is 5.91 Å². The summed E-state index contributed by atoms with van der Waals surface area (Å²) in [7, 11) is -2.89. The lowest BCUT2D eigenvalue weighted by molar-refractivity contribution is -0.148. The van der Waals surface area contributed by atoms with Gasteiger partial charge in [-0.15, -0.1) is 0 Å². The average molecular weight is 504 g/mol. The number of hydrogen-bond acceptors (Lipinski definition) is 7. The lowest BCUT2D eigenvalue weighted by Gasteiger charge is -2.32. The zero-order valence-corrected chi connectivity index (χ0v) is 21.3. The van der Waals surface area contributed by atoms with Crippen LogP contribution in [-0.4, -0.2) is 79.5 Å². The Bertz CT molecular complexity index is 1060. The van der Waals surface area contributed by atoms with Gasteiger partial charge in [0.1, 0.15) is 6.61 Å². The first kappa shape index (κ1) is 24.2. The van der Waals surface area contributed by atoms with E-state index in [0.717, 1.165) is 12.8 Å². The molecule has 0 bridgehead atoms. The van der Waals surface area contributed by atoms with Gasteiger partial charge in [0.05, 0.1) is 31.7 Å². The van der Waals surface area contributed by atoms with Crippen molar-refractivity contribution in [1.29, 1.82) is 0 Å². The van der Waals surface area contributed by atoms with Gasteiger partial charge in [-0.25, -0.2) is 4.79 Å². The van der Waals surface area contributed by atoms with Crippen molar-refractivity contribution in [2.75, 3.05) is 36.5 Å². The minimum absolute atomic E-state index is 0.0327. The van der Waals surface area contributed by atoms with Crippen molar-refractivity contribution in [3.63, 3.8) is 0 Å². The van der Waals surface area contributed by atoms with Crippen molar-refractivity contribution in [2.24, 2.45) is 5.92 Å². The molecule has 35 heavy (non-hydrogen) atoms. The first-order valence-corrected chi connectivity index (χ1v) is 15.3. The minimum Gasteiger partial charge on any atom is -0.447 e. The van der Waals surface area contributed by atoms with Crippen LogP contribution in [0.1, 0.15) is 31.7 Å². The monoisotopic (exact) mass is 503 g/mol. The summed E-state index contributed by atoms with van der Waals surface area (Å²) in [5, 5.41) is 12.6. The van der Waals surface area contributed by atoms with Crippen LogP contribution in [0.4, 0.5) is 16.2 Å². The van der Waals surface area contributed by atoms with Crippen LogP contribution in [0, 0.1) is 5.92 Å². The van der Waals surface area contributed by atoms with E-state index in [1.165, 1.54) is 4.90 Å². The van der Waals surface area contributed by atoms with Gasteiger partial charge in [0.2, 0.25) is 5.91 Å². The minimum atomic E-state index is -2.89. The van der Waals surface area contributed by atoms with Crippen LogP contribution in [0.3, 0.4) is 0 Å². The zero-order chi connectivity index (χ0) is 25.1. The van der Waals surface area contributed by atoms with Crippen molar-refractivity contribution in [2.45, 2.75) is 62.6 Å². The molecule has 0 aliphatic carbocycles. The van der Waals surface area contributed by atoms with Gasteiger partial charge in [-0.3, -0.25) is 14.5 Å². The van der Waals surface area contributed by atoms with E-state index in [2.05, 4.69) is 5.32 Å². The van der Waals surface area contributed by atoms with Gasteiger partial charge in [-0.1, -0.05) is 6.92 Å². The molecule has 4 aliphatic heterocycles. The van der Waals surface area contributed by atoms with Crippen LogP contribution in [0.25, 0.3) is 0 Å². The van der Waals surface area contributed by atoms with Crippen molar-refractivity contribution >= 4 is 37.6 Å². The molecule has 5 rings (SSSR count). The Kier molecular flexibility index (Phi) is 5.94. The van der Waals surface area contributed by atoms with Crippen LogP contribution in [0.2, 0.25) is 18.6 Å². The number of rotatable bonds is 5. The molecule has 3 N–H and O–H groups in total. The van der Waals surface area contributed by atoms with Crippen molar-refractivity contribution < 1.29 is 33.8 Å². The second-order valence-electron chi connectivity index (χ2n) is 10.6. The normalized spacial score (nSPS) is 32.4. The summed E-state index contributed by atoms with van der Waals surface area (Å²) >= 11 is 0. The molecule has 10 nitrogen and oxygen atoms in total. The maximum absolute atomic E-state index is 13.5. The summed E-state index contributed by atoms with van der Waals surface area (Å²) in [4.78, 5) is 53.4. The van der Waals surface area contributed by atoms with Gasteiger partial charge in [0.15, 0.2) is 13.9 Å². The van der Waals surface area contributed by atoms with Gasteiger partial charge < -0.3 is 29.6 Å². The van der Waals surface area contributed by atoms with Crippen LogP contribution in [0.5, 0.6) is 0 Å². The van der Waals surface area contributed by atoms with E-state index in [4.69, 9.17) is 9.47 Å². The third-order valence-electron chi connectivity index (χ3n) is 8.08. The van der Waals surface area contributed by atoms with Gasteiger partial charge in [0, 0.05) is 34.9 Å². The quantitative estimate of drug-likeness (QED) is 0.522. The second-order valence-corrected chi connectivity index (χ2v) is 14.6. The smallest absolute Gasteiger partial charge is 0.414 e. The molecule has 0 unspecified atom stereocenters. The number of anilines is 2. The predicted molar refractivity (Wildman–Crippen MR) is 129 cm³/mol. The molecular formula is C24H33N3O7Si. The van der Waals surface area contributed by atoms with Crippen molar-refractivity contribution in [3.05, 3.63) is 23.8 Å². The maximum atomic E-state index is 13.5. The van der Waals surface area contributed by atoms with E-state index in [1.54, 1.807) is 23.1 Å². The fourth-order valence-corrected chi connectivity index (χ4v) is 9.08. The number of carbonyl (C=O) groups is 3. The standard InChI is InChI=1S/C24H33N3O7Si/c1-14-21(35(2,3)32)19(12-20(29)26-8-4-5-16(26)13-28)34-24(14)17-11-15(27-9-10-33-23(27)31)6-7-18(17)25-22(24)30/h6-7,11,14,16,19,21,28,32H,4-5,8-10,12-13H2,1-3H3,(H,25,30)/t14-,16-,19+,21-,24+/m0/s1. The molecule has 190 valence electrons. The SMILES string of the molecule is C[C@H]1[C@H]([Si](C)(C)O)[C@@H](CC(=O)N2CCC[C@H]2CO)O[C@]12C(=O)Nc1ccc(N3CCOC3=O)cc12. The number of benzene rings is 1. The summed E-state index contributed by atoms with van der Waals surface area (Å²) in [6.45, 7) is 6.74. The number of hydrogen-bond donors (Lipinski definition) is 3. The third kappa shape index (κ3) is 3.76. The zero-order valence-electron chi connectivity index (χ0n) is 20.3. The lowest BCUT2D eigenvalue weighted by atomic mass is 9.82. The number of amides is 3. The highest BCUT2D eigenvalue weighted by Gasteiger charge is 2.65. The first-order chi connectivity index (χ1) is 16.6. The molecule has 4 heterocycles. The molecule has 1 aromatic rings.